The quantitative estimate of drug-likeness (QED) is 0.853. The zero-order valence-corrected chi connectivity index (χ0v) is 12.2. The Bertz CT molecular complexity index is 551. The van der Waals surface area contributed by atoms with Gasteiger partial charge in [-0.25, -0.2) is 4.79 Å². The number of urea groups is 1. The molecule has 116 valence electrons. The molecule has 0 atom stereocenters. The molecule has 0 aliphatic rings. The Kier molecular flexibility index (Phi) is 5.41. The van der Waals surface area contributed by atoms with Crippen molar-refractivity contribution in [1.29, 1.82) is 0 Å². The molecule has 0 spiro atoms. The van der Waals surface area contributed by atoms with Crippen LogP contribution in [-0.2, 0) is 4.79 Å². The molecule has 21 heavy (non-hydrogen) atoms. The van der Waals surface area contributed by atoms with Gasteiger partial charge in [0.15, 0.2) is 5.75 Å². The van der Waals surface area contributed by atoms with Crippen LogP contribution in [0.5, 0.6) is 5.75 Å². The van der Waals surface area contributed by atoms with Gasteiger partial charge in [0.05, 0.1) is 5.69 Å². The summed E-state index contributed by atoms with van der Waals surface area (Å²) in [6.45, 7) is -0.599. The van der Waals surface area contributed by atoms with Gasteiger partial charge in [-0.1, -0.05) is 15.9 Å². The summed E-state index contributed by atoms with van der Waals surface area (Å²) < 4.78 is 41.0. The molecule has 10 heteroatoms. The third-order valence-electron chi connectivity index (χ3n) is 2.13. The van der Waals surface area contributed by atoms with Crippen molar-refractivity contribution in [2.24, 2.45) is 0 Å². The van der Waals surface area contributed by atoms with Gasteiger partial charge >= 0.3 is 18.4 Å². The van der Waals surface area contributed by atoms with E-state index >= 15 is 0 Å². The second-order valence-corrected chi connectivity index (χ2v) is 4.78. The monoisotopic (exact) mass is 370 g/mol. The number of ether oxygens (including phenoxy) is 1. The summed E-state index contributed by atoms with van der Waals surface area (Å²) in [6, 6.07) is 2.74. The number of alkyl halides is 3. The number of rotatable bonds is 4. The van der Waals surface area contributed by atoms with E-state index in [1.165, 1.54) is 19.2 Å². The van der Waals surface area contributed by atoms with Crippen molar-refractivity contribution >= 4 is 33.6 Å². The van der Waals surface area contributed by atoms with E-state index in [4.69, 9.17) is 5.11 Å². The third-order valence-corrected chi connectivity index (χ3v) is 2.62. The zero-order valence-electron chi connectivity index (χ0n) is 10.6. The fourth-order valence-electron chi connectivity index (χ4n) is 1.29. The zero-order chi connectivity index (χ0) is 16.2. The summed E-state index contributed by atoms with van der Waals surface area (Å²) in [7, 11) is 1.19. The van der Waals surface area contributed by atoms with Crippen molar-refractivity contribution in [3.05, 3.63) is 22.7 Å². The first-order valence-corrected chi connectivity index (χ1v) is 6.17. The van der Waals surface area contributed by atoms with E-state index in [2.05, 4.69) is 26.0 Å². The molecule has 0 saturated heterocycles. The largest absolute Gasteiger partial charge is 0.573 e. The summed E-state index contributed by atoms with van der Waals surface area (Å²) in [5.41, 5.74) is -0.238. The van der Waals surface area contributed by atoms with E-state index in [9.17, 15) is 22.8 Å². The van der Waals surface area contributed by atoms with Crippen LogP contribution in [0.1, 0.15) is 0 Å². The van der Waals surface area contributed by atoms with Gasteiger partial charge in [0.25, 0.3) is 0 Å². The normalized spacial score (nSPS) is 10.9. The number of aliphatic carboxylic acids is 1. The molecule has 1 rings (SSSR count). The highest BCUT2D eigenvalue weighted by atomic mass is 79.9. The van der Waals surface area contributed by atoms with Gasteiger partial charge < -0.3 is 20.1 Å². The lowest BCUT2D eigenvalue weighted by molar-refractivity contribution is -0.274. The number of anilines is 1. The molecule has 0 radical (unpaired) electrons. The maximum Gasteiger partial charge on any atom is 0.573 e. The third kappa shape index (κ3) is 5.90. The van der Waals surface area contributed by atoms with Gasteiger partial charge in [0.2, 0.25) is 0 Å². The topological polar surface area (TPSA) is 78.9 Å². The second kappa shape index (κ2) is 6.66. The minimum atomic E-state index is -4.92. The maximum atomic E-state index is 12.3. The highest BCUT2D eigenvalue weighted by Crippen LogP contribution is 2.33. The smallest absolute Gasteiger partial charge is 0.480 e. The Labute approximate surface area is 125 Å². The van der Waals surface area contributed by atoms with Crippen LogP contribution in [0.25, 0.3) is 0 Å². The Morgan fingerprint density at radius 1 is 1.43 bits per heavy atom. The highest BCUT2D eigenvalue weighted by Gasteiger charge is 2.32. The minimum Gasteiger partial charge on any atom is -0.480 e. The van der Waals surface area contributed by atoms with E-state index in [-0.39, 0.29) is 5.69 Å². The average Bonchev–Trinajstić information content (AvgIpc) is 2.29. The molecule has 2 N–H and O–H groups in total. The van der Waals surface area contributed by atoms with Crippen LogP contribution < -0.4 is 10.1 Å². The van der Waals surface area contributed by atoms with Gasteiger partial charge in [-0.2, -0.15) is 0 Å². The first-order valence-electron chi connectivity index (χ1n) is 5.37. The van der Waals surface area contributed by atoms with Crippen molar-refractivity contribution < 1.29 is 32.6 Å². The summed E-state index contributed by atoms with van der Waals surface area (Å²) >= 11 is 2.98. The first kappa shape index (κ1) is 17.1. The Balaban J connectivity index is 2.92. The van der Waals surface area contributed by atoms with Crippen molar-refractivity contribution in [2.75, 3.05) is 18.9 Å². The predicted octanol–water partition coefficient (Wildman–Crippen LogP) is 2.90. The van der Waals surface area contributed by atoms with Crippen molar-refractivity contribution in [2.45, 2.75) is 6.36 Å². The molecule has 2 amide bonds. The summed E-state index contributed by atoms with van der Waals surface area (Å²) in [6.07, 6.45) is -4.92. The number of hydrogen-bond donors (Lipinski definition) is 2. The number of benzene rings is 1. The summed E-state index contributed by atoms with van der Waals surface area (Å²) in [5, 5.41) is 10.7. The van der Waals surface area contributed by atoms with Gasteiger partial charge in [-0.15, -0.1) is 13.2 Å². The molecule has 0 fully saturated rings. The van der Waals surface area contributed by atoms with E-state index in [1.54, 1.807) is 0 Å². The number of amides is 2. The predicted molar refractivity (Wildman–Crippen MR) is 70.1 cm³/mol. The fourth-order valence-corrected chi connectivity index (χ4v) is 1.63. The molecule has 6 nitrogen and oxygen atoms in total. The van der Waals surface area contributed by atoms with Crippen LogP contribution in [0.15, 0.2) is 22.7 Å². The molecule has 0 aliphatic heterocycles. The fraction of sp³-hybridized carbons (Fsp3) is 0.273. The van der Waals surface area contributed by atoms with E-state index in [1.807, 2.05) is 0 Å². The number of carbonyl (C=O) groups excluding carboxylic acids is 1. The van der Waals surface area contributed by atoms with Crippen molar-refractivity contribution in [3.63, 3.8) is 0 Å². The van der Waals surface area contributed by atoms with Crippen molar-refractivity contribution in [3.8, 4) is 5.75 Å². The van der Waals surface area contributed by atoms with Crippen LogP contribution in [0.3, 0.4) is 0 Å². The SMILES string of the molecule is CN(CC(=O)O)C(=O)Nc1ccc(Br)cc1OC(F)(F)F. The van der Waals surface area contributed by atoms with Crippen LogP contribution in [0.4, 0.5) is 23.7 Å². The molecule has 0 aromatic heterocycles. The molecule has 0 unspecified atom stereocenters. The number of hydrogen-bond acceptors (Lipinski definition) is 3. The highest BCUT2D eigenvalue weighted by molar-refractivity contribution is 9.10. The van der Waals surface area contributed by atoms with Gasteiger partial charge in [0, 0.05) is 11.5 Å². The minimum absolute atomic E-state index is 0.238. The molecule has 1 aromatic rings. The number of carboxylic acid groups (broad SMARTS) is 1. The Morgan fingerprint density at radius 2 is 2.05 bits per heavy atom. The molecular weight excluding hydrogens is 361 g/mol. The summed E-state index contributed by atoms with van der Waals surface area (Å²) in [5.74, 6) is -1.87. The molecule has 0 bridgehead atoms. The average molecular weight is 371 g/mol. The number of carboxylic acids is 1. The van der Waals surface area contributed by atoms with Crippen molar-refractivity contribution in [1.82, 2.24) is 4.90 Å². The van der Waals surface area contributed by atoms with Crippen LogP contribution in [0.2, 0.25) is 0 Å². The van der Waals surface area contributed by atoms with E-state index < -0.39 is 30.7 Å². The molecule has 0 saturated carbocycles. The number of likely N-dealkylation sites (N-methyl/N-ethyl adjacent to an activating group) is 1. The summed E-state index contributed by atoms with van der Waals surface area (Å²) in [4.78, 5) is 22.9. The molecule has 1 aromatic carbocycles. The Hall–Kier alpha value is -1.97. The lowest BCUT2D eigenvalue weighted by Crippen LogP contribution is -2.35. The van der Waals surface area contributed by atoms with Gasteiger partial charge in [0.1, 0.15) is 6.54 Å². The second-order valence-electron chi connectivity index (χ2n) is 3.87. The van der Waals surface area contributed by atoms with Gasteiger partial charge in [-0.3, -0.25) is 4.79 Å². The lowest BCUT2D eigenvalue weighted by Gasteiger charge is -2.18. The van der Waals surface area contributed by atoms with E-state index in [0.29, 0.717) is 4.47 Å². The Morgan fingerprint density at radius 3 is 2.57 bits per heavy atom. The molecule has 0 heterocycles. The maximum absolute atomic E-state index is 12.3. The molecular formula is C11H10BrF3N2O4. The number of halogens is 4. The molecule has 0 aliphatic carbocycles. The van der Waals surface area contributed by atoms with Gasteiger partial charge in [-0.05, 0) is 18.2 Å². The standard InChI is InChI=1S/C11H10BrF3N2O4/c1-17(5-9(18)19)10(20)16-7-3-2-6(12)4-8(7)21-11(13,14)15/h2-4H,5H2,1H3,(H,16,20)(H,18,19). The van der Waals surface area contributed by atoms with Crippen LogP contribution in [0, 0.1) is 0 Å². The first-order chi connectivity index (χ1) is 9.58. The van der Waals surface area contributed by atoms with Crippen LogP contribution in [-0.4, -0.2) is 42.0 Å². The number of nitrogens with zero attached hydrogens (tertiary/aromatic N) is 1. The van der Waals surface area contributed by atoms with E-state index in [0.717, 1.165) is 11.0 Å². The lowest BCUT2D eigenvalue weighted by atomic mass is 10.3. The number of carbonyl (C=O) groups is 2. The number of nitrogens with one attached hydrogen (secondary N) is 1. The van der Waals surface area contributed by atoms with Crippen LogP contribution >= 0.6 is 15.9 Å².